The van der Waals surface area contributed by atoms with Gasteiger partial charge in [-0.05, 0) is 25.0 Å². The lowest BCUT2D eigenvalue weighted by atomic mass is 10.1. The number of aryl methyl sites for hydroxylation is 1. The fraction of sp³-hybridized carbons (Fsp3) is 0.300. The second-order valence-corrected chi connectivity index (χ2v) is 3.18. The Morgan fingerprint density at radius 2 is 2.38 bits per heavy atom. The maximum atomic E-state index is 5.71. The quantitative estimate of drug-likeness (QED) is 0.755. The molecule has 0 aromatic carbocycles. The monoisotopic (exact) mass is 196 g/mol. The minimum absolute atomic E-state index is 0.575. The van der Waals surface area contributed by atoms with Gasteiger partial charge in [-0.3, -0.25) is 0 Å². The first-order chi connectivity index (χ1) is 6.25. The molecule has 1 aromatic heterocycles. The summed E-state index contributed by atoms with van der Waals surface area (Å²) in [5, 5.41) is 0. The van der Waals surface area contributed by atoms with E-state index in [1.165, 1.54) is 0 Å². The van der Waals surface area contributed by atoms with E-state index in [4.69, 9.17) is 17.3 Å². The molecule has 2 nitrogen and oxygen atoms in total. The van der Waals surface area contributed by atoms with E-state index in [0.29, 0.717) is 11.7 Å². The topological polar surface area (TPSA) is 38.9 Å². The van der Waals surface area contributed by atoms with Crippen LogP contribution in [0.1, 0.15) is 17.5 Å². The van der Waals surface area contributed by atoms with Crippen molar-refractivity contribution in [2.45, 2.75) is 13.3 Å². The number of halogens is 1. The summed E-state index contributed by atoms with van der Waals surface area (Å²) < 4.78 is 0. The second kappa shape index (κ2) is 4.87. The van der Waals surface area contributed by atoms with E-state index >= 15 is 0 Å². The lowest BCUT2D eigenvalue weighted by Gasteiger charge is -2.02. The van der Waals surface area contributed by atoms with Crippen molar-refractivity contribution in [3.05, 3.63) is 29.5 Å². The molecule has 0 saturated carbocycles. The van der Waals surface area contributed by atoms with Gasteiger partial charge in [0.1, 0.15) is 5.82 Å². The normalized spacial score (nSPS) is 10.9. The van der Waals surface area contributed by atoms with Crippen LogP contribution in [0.25, 0.3) is 6.08 Å². The molecule has 13 heavy (non-hydrogen) atoms. The third kappa shape index (κ3) is 2.74. The zero-order chi connectivity index (χ0) is 9.68. The molecule has 2 N–H and O–H groups in total. The van der Waals surface area contributed by atoms with Crippen LogP contribution in [-0.2, 0) is 0 Å². The van der Waals surface area contributed by atoms with Crippen molar-refractivity contribution < 1.29 is 0 Å². The number of hydrogen-bond acceptors (Lipinski definition) is 2. The lowest BCUT2D eigenvalue weighted by molar-refractivity contribution is 1.23. The largest absolute Gasteiger partial charge is 0.383 e. The minimum atomic E-state index is 0.575. The highest BCUT2D eigenvalue weighted by Crippen LogP contribution is 2.15. The van der Waals surface area contributed by atoms with Crippen LogP contribution in [0.15, 0.2) is 18.3 Å². The highest BCUT2D eigenvalue weighted by Gasteiger charge is 1.98. The Balaban J connectivity index is 2.87. The number of anilines is 1. The van der Waals surface area contributed by atoms with E-state index in [0.717, 1.165) is 17.5 Å². The number of nitrogen functional groups attached to an aromatic ring is 1. The highest BCUT2D eigenvalue weighted by atomic mass is 35.5. The number of alkyl halides is 1. The van der Waals surface area contributed by atoms with Gasteiger partial charge in [-0.15, -0.1) is 11.6 Å². The second-order valence-electron chi connectivity index (χ2n) is 2.81. The summed E-state index contributed by atoms with van der Waals surface area (Å²) in [5.74, 6) is 1.21. The van der Waals surface area contributed by atoms with Gasteiger partial charge in [-0.25, -0.2) is 4.98 Å². The maximum Gasteiger partial charge on any atom is 0.130 e. The van der Waals surface area contributed by atoms with Gasteiger partial charge in [-0.1, -0.05) is 12.2 Å². The van der Waals surface area contributed by atoms with Crippen LogP contribution in [0.2, 0.25) is 0 Å². The molecule has 0 spiro atoms. The molecule has 3 heteroatoms. The van der Waals surface area contributed by atoms with Crippen LogP contribution >= 0.6 is 11.6 Å². The third-order valence-corrected chi connectivity index (χ3v) is 2.02. The Morgan fingerprint density at radius 1 is 1.62 bits per heavy atom. The Labute approximate surface area is 83.4 Å². The number of nitrogens with zero attached hydrogens (tertiary/aromatic N) is 1. The van der Waals surface area contributed by atoms with Crippen LogP contribution in [0.5, 0.6) is 0 Å². The molecule has 0 aliphatic rings. The molecule has 0 fully saturated rings. The number of hydrogen-bond donors (Lipinski definition) is 1. The Kier molecular flexibility index (Phi) is 3.77. The molecular formula is C10H13ClN2. The van der Waals surface area contributed by atoms with Crippen molar-refractivity contribution in [2.24, 2.45) is 0 Å². The molecule has 1 rings (SSSR count). The molecule has 0 aliphatic carbocycles. The van der Waals surface area contributed by atoms with Crippen LogP contribution < -0.4 is 5.73 Å². The third-order valence-electron chi connectivity index (χ3n) is 1.80. The SMILES string of the molecule is Cc1ccnc(N)c1/C=C/CCCl. The lowest BCUT2D eigenvalue weighted by Crippen LogP contribution is -1.95. The van der Waals surface area contributed by atoms with Gasteiger partial charge in [0, 0.05) is 17.6 Å². The highest BCUT2D eigenvalue weighted by molar-refractivity contribution is 6.17. The van der Waals surface area contributed by atoms with E-state index in [9.17, 15) is 0 Å². The van der Waals surface area contributed by atoms with Gasteiger partial charge in [0.25, 0.3) is 0 Å². The first kappa shape index (κ1) is 10.1. The molecule has 0 bridgehead atoms. The minimum Gasteiger partial charge on any atom is -0.383 e. The first-order valence-corrected chi connectivity index (χ1v) is 4.72. The summed E-state index contributed by atoms with van der Waals surface area (Å²) in [6.07, 6.45) is 6.55. The zero-order valence-electron chi connectivity index (χ0n) is 7.63. The number of aromatic nitrogens is 1. The standard InChI is InChI=1S/C10H13ClN2/c1-8-5-7-13-10(12)9(8)4-2-3-6-11/h2,4-5,7H,3,6H2,1H3,(H2,12,13)/b4-2+. The summed E-state index contributed by atoms with van der Waals surface area (Å²) in [4.78, 5) is 4.01. The predicted octanol–water partition coefficient (Wildman–Crippen LogP) is 2.61. The number of rotatable bonds is 3. The maximum absolute atomic E-state index is 5.71. The fourth-order valence-corrected chi connectivity index (χ4v) is 1.20. The molecule has 0 amide bonds. The van der Waals surface area contributed by atoms with E-state index in [2.05, 4.69) is 4.98 Å². The van der Waals surface area contributed by atoms with Crippen molar-refractivity contribution in [1.29, 1.82) is 0 Å². The van der Waals surface area contributed by atoms with Gasteiger partial charge in [0.15, 0.2) is 0 Å². The van der Waals surface area contributed by atoms with Crippen LogP contribution in [0.4, 0.5) is 5.82 Å². The van der Waals surface area contributed by atoms with Crippen LogP contribution in [0.3, 0.4) is 0 Å². The van der Waals surface area contributed by atoms with Crippen molar-refractivity contribution >= 4 is 23.5 Å². The summed E-state index contributed by atoms with van der Waals surface area (Å²) in [7, 11) is 0. The summed E-state index contributed by atoms with van der Waals surface area (Å²) in [6, 6.07) is 1.94. The van der Waals surface area contributed by atoms with Crippen LogP contribution in [-0.4, -0.2) is 10.9 Å². The predicted molar refractivity (Wildman–Crippen MR) is 57.8 cm³/mol. The molecule has 1 aromatic rings. The molecule has 70 valence electrons. The average Bonchev–Trinajstić information content (AvgIpc) is 2.10. The van der Waals surface area contributed by atoms with Crippen molar-refractivity contribution in [1.82, 2.24) is 4.98 Å². The average molecular weight is 197 g/mol. The first-order valence-electron chi connectivity index (χ1n) is 4.19. The number of allylic oxidation sites excluding steroid dienone is 1. The van der Waals surface area contributed by atoms with Gasteiger partial charge in [-0.2, -0.15) is 0 Å². The van der Waals surface area contributed by atoms with Crippen molar-refractivity contribution in [3.63, 3.8) is 0 Å². The summed E-state index contributed by atoms with van der Waals surface area (Å²) >= 11 is 5.55. The van der Waals surface area contributed by atoms with E-state index in [1.54, 1.807) is 6.20 Å². The Hall–Kier alpha value is -1.02. The summed E-state index contributed by atoms with van der Waals surface area (Å²) in [6.45, 7) is 2.01. The molecular weight excluding hydrogens is 184 g/mol. The molecule has 1 heterocycles. The fourth-order valence-electron chi connectivity index (χ4n) is 1.07. The Morgan fingerprint density at radius 3 is 3.00 bits per heavy atom. The van der Waals surface area contributed by atoms with Gasteiger partial charge < -0.3 is 5.73 Å². The van der Waals surface area contributed by atoms with E-state index in [1.807, 2.05) is 25.1 Å². The van der Waals surface area contributed by atoms with Crippen molar-refractivity contribution in [3.8, 4) is 0 Å². The van der Waals surface area contributed by atoms with E-state index < -0.39 is 0 Å². The molecule has 0 saturated heterocycles. The summed E-state index contributed by atoms with van der Waals surface area (Å²) in [5.41, 5.74) is 7.84. The van der Waals surface area contributed by atoms with Gasteiger partial charge in [0.05, 0.1) is 0 Å². The van der Waals surface area contributed by atoms with Gasteiger partial charge in [0.2, 0.25) is 0 Å². The van der Waals surface area contributed by atoms with E-state index in [-0.39, 0.29) is 0 Å². The number of pyridine rings is 1. The smallest absolute Gasteiger partial charge is 0.130 e. The molecule has 0 unspecified atom stereocenters. The number of nitrogens with two attached hydrogens (primary N) is 1. The molecule has 0 aliphatic heterocycles. The van der Waals surface area contributed by atoms with Gasteiger partial charge >= 0.3 is 0 Å². The van der Waals surface area contributed by atoms with Crippen molar-refractivity contribution in [2.75, 3.05) is 11.6 Å². The zero-order valence-corrected chi connectivity index (χ0v) is 8.38. The van der Waals surface area contributed by atoms with Crippen LogP contribution in [0, 0.1) is 6.92 Å². The molecule has 0 atom stereocenters. The molecule has 0 radical (unpaired) electrons. The Bertz CT molecular complexity index is 288.